The molecule has 2 heterocycles. The number of hydrogen-bond acceptors (Lipinski definition) is 5. The van der Waals surface area contributed by atoms with Gasteiger partial charge in [-0.25, -0.2) is 0 Å². The fourth-order valence-electron chi connectivity index (χ4n) is 2.59. The molecule has 1 saturated heterocycles. The molecule has 1 aromatic rings. The molecule has 1 unspecified atom stereocenters. The average molecular weight is 292 g/mol. The number of hydrogen-bond donors (Lipinski definition) is 2. The van der Waals surface area contributed by atoms with Gasteiger partial charge < -0.3 is 16.0 Å². The summed E-state index contributed by atoms with van der Waals surface area (Å²) in [6, 6.07) is -0.0711. The van der Waals surface area contributed by atoms with E-state index in [2.05, 4.69) is 15.6 Å². The second-order valence-electron chi connectivity index (χ2n) is 5.59. The van der Waals surface area contributed by atoms with Gasteiger partial charge in [-0.05, 0) is 25.7 Å². The smallest absolute Gasteiger partial charge is 0.276 e. The summed E-state index contributed by atoms with van der Waals surface area (Å²) in [6.45, 7) is 1.55. The highest BCUT2D eigenvalue weighted by Gasteiger charge is 2.37. The van der Waals surface area contributed by atoms with Crippen LogP contribution in [0, 0.1) is 0 Å². The second-order valence-corrected chi connectivity index (χ2v) is 5.59. The maximum atomic E-state index is 12.5. The van der Waals surface area contributed by atoms with Crippen LogP contribution in [0.1, 0.15) is 36.2 Å². The van der Waals surface area contributed by atoms with E-state index in [9.17, 15) is 9.59 Å². The van der Waals surface area contributed by atoms with Gasteiger partial charge in [0.2, 0.25) is 5.91 Å². The Bertz CT molecular complexity index is 539. The van der Waals surface area contributed by atoms with Crippen molar-refractivity contribution in [1.29, 1.82) is 0 Å². The number of carbonyl (C=O) groups is 2. The van der Waals surface area contributed by atoms with Crippen molar-refractivity contribution in [3.05, 3.63) is 11.9 Å². The summed E-state index contributed by atoms with van der Waals surface area (Å²) in [4.78, 5) is 26.3. The van der Waals surface area contributed by atoms with Crippen LogP contribution < -0.4 is 11.1 Å². The van der Waals surface area contributed by atoms with Crippen LogP contribution in [0.3, 0.4) is 0 Å². The molecule has 114 valence electrons. The van der Waals surface area contributed by atoms with Crippen molar-refractivity contribution < 1.29 is 9.59 Å². The van der Waals surface area contributed by atoms with Crippen molar-refractivity contribution in [1.82, 2.24) is 25.2 Å². The molecule has 0 radical (unpaired) electrons. The molecule has 0 bridgehead atoms. The van der Waals surface area contributed by atoms with Gasteiger partial charge in [0.1, 0.15) is 6.04 Å². The lowest BCUT2D eigenvalue weighted by Gasteiger charge is -2.22. The van der Waals surface area contributed by atoms with Gasteiger partial charge in [0.25, 0.3) is 5.91 Å². The minimum Gasteiger partial charge on any atom is -0.352 e. The van der Waals surface area contributed by atoms with Crippen LogP contribution in [0.25, 0.3) is 0 Å². The SMILES string of the molecule is NCCn1cc(C(=O)N2CCCC2C(=O)NC2CC2)nn1. The average Bonchev–Trinajstić information content (AvgIpc) is 2.98. The van der Waals surface area contributed by atoms with Crippen LogP contribution >= 0.6 is 0 Å². The number of nitrogens with one attached hydrogen (secondary N) is 1. The van der Waals surface area contributed by atoms with Gasteiger partial charge in [-0.2, -0.15) is 0 Å². The van der Waals surface area contributed by atoms with Crippen LogP contribution in [-0.2, 0) is 11.3 Å². The normalized spacial score (nSPS) is 21.6. The molecule has 8 heteroatoms. The van der Waals surface area contributed by atoms with E-state index >= 15 is 0 Å². The first-order chi connectivity index (χ1) is 10.2. The minimum atomic E-state index is -0.377. The maximum absolute atomic E-state index is 12.5. The number of rotatable bonds is 5. The lowest BCUT2D eigenvalue weighted by Crippen LogP contribution is -2.46. The molecule has 1 aromatic heterocycles. The zero-order valence-electron chi connectivity index (χ0n) is 11.9. The van der Waals surface area contributed by atoms with E-state index in [4.69, 9.17) is 5.73 Å². The molecule has 0 aromatic carbocycles. The van der Waals surface area contributed by atoms with Crippen molar-refractivity contribution in [3.63, 3.8) is 0 Å². The first-order valence-corrected chi connectivity index (χ1v) is 7.40. The summed E-state index contributed by atoms with van der Waals surface area (Å²) in [6.07, 6.45) is 5.22. The Morgan fingerprint density at radius 1 is 1.38 bits per heavy atom. The van der Waals surface area contributed by atoms with Crippen molar-refractivity contribution in [2.75, 3.05) is 13.1 Å². The molecule has 2 fully saturated rings. The number of likely N-dealkylation sites (tertiary alicyclic amines) is 1. The highest BCUT2D eigenvalue weighted by molar-refractivity contribution is 5.96. The van der Waals surface area contributed by atoms with Crippen molar-refractivity contribution in [2.24, 2.45) is 5.73 Å². The zero-order valence-corrected chi connectivity index (χ0v) is 11.9. The molecule has 21 heavy (non-hydrogen) atoms. The molecule has 1 aliphatic heterocycles. The number of carbonyl (C=O) groups excluding carboxylic acids is 2. The number of nitrogens with two attached hydrogens (primary N) is 1. The molecule has 3 N–H and O–H groups in total. The van der Waals surface area contributed by atoms with Crippen LogP contribution in [0.2, 0.25) is 0 Å². The number of aromatic nitrogens is 3. The van der Waals surface area contributed by atoms with Crippen molar-refractivity contribution >= 4 is 11.8 Å². The maximum Gasteiger partial charge on any atom is 0.276 e. The Kier molecular flexibility index (Phi) is 3.87. The van der Waals surface area contributed by atoms with Crippen LogP contribution in [-0.4, -0.2) is 56.9 Å². The lowest BCUT2D eigenvalue weighted by molar-refractivity contribution is -0.125. The van der Waals surface area contributed by atoms with Crippen LogP contribution in [0.4, 0.5) is 0 Å². The third-order valence-corrected chi connectivity index (χ3v) is 3.86. The van der Waals surface area contributed by atoms with E-state index in [1.54, 1.807) is 15.8 Å². The predicted molar refractivity (Wildman–Crippen MR) is 74.3 cm³/mol. The number of amides is 2. The first kappa shape index (κ1) is 14.0. The molecule has 1 aliphatic carbocycles. The van der Waals surface area contributed by atoms with Gasteiger partial charge in [-0.3, -0.25) is 14.3 Å². The molecule has 1 saturated carbocycles. The van der Waals surface area contributed by atoms with Crippen molar-refractivity contribution in [2.45, 2.75) is 44.3 Å². The largest absolute Gasteiger partial charge is 0.352 e. The Morgan fingerprint density at radius 2 is 2.19 bits per heavy atom. The molecule has 3 rings (SSSR count). The topological polar surface area (TPSA) is 106 Å². The third kappa shape index (κ3) is 3.05. The Balaban J connectivity index is 1.67. The Labute approximate surface area is 122 Å². The second kappa shape index (κ2) is 5.80. The van der Waals surface area contributed by atoms with Gasteiger partial charge in [-0.15, -0.1) is 5.10 Å². The van der Waals surface area contributed by atoms with E-state index in [1.807, 2.05) is 0 Å². The summed E-state index contributed by atoms with van der Waals surface area (Å²) in [7, 11) is 0. The summed E-state index contributed by atoms with van der Waals surface area (Å²) in [5.41, 5.74) is 5.72. The molecule has 1 atom stereocenters. The zero-order chi connectivity index (χ0) is 14.8. The minimum absolute atomic E-state index is 0.0438. The lowest BCUT2D eigenvalue weighted by atomic mass is 10.2. The summed E-state index contributed by atoms with van der Waals surface area (Å²) in [5.74, 6) is -0.274. The summed E-state index contributed by atoms with van der Waals surface area (Å²) in [5, 5.41) is 10.7. The van der Waals surface area contributed by atoms with E-state index in [0.717, 1.165) is 19.3 Å². The number of nitrogens with zero attached hydrogens (tertiary/aromatic N) is 4. The molecule has 2 amide bonds. The van der Waals surface area contributed by atoms with E-state index in [-0.39, 0.29) is 23.6 Å². The summed E-state index contributed by atoms with van der Waals surface area (Å²) < 4.78 is 1.54. The van der Waals surface area contributed by atoms with Crippen molar-refractivity contribution in [3.8, 4) is 0 Å². The van der Waals surface area contributed by atoms with Gasteiger partial charge in [-0.1, -0.05) is 5.21 Å². The molecule has 0 spiro atoms. The molecule has 2 aliphatic rings. The standard InChI is InChI=1S/C13H20N6O2/c14-5-7-18-8-10(16-17-18)13(21)19-6-1-2-11(19)12(20)15-9-3-4-9/h8-9,11H,1-7,14H2,(H,15,20). The third-order valence-electron chi connectivity index (χ3n) is 3.86. The van der Waals surface area contributed by atoms with Gasteiger partial charge >= 0.3 is 0 Å². The summed E-state index contributed by atoms with van der Waals surface area (Å²) >= 11 is 0. The van der Waals surface area contributed by atoms with Crippen LogP contribution in [0.15, 0.2) is 6.20 Å². The Morgan fingerprint density at radius 3 is 2.90 bits per heavy atom. The molecular formula is C13H20N6O2. The Hall–Kier alpha value is -1.96. The van der Waals surface area contributed by atoms with E-state index < -0.39 is 0 Å². The van der Waals surface area contributed by atoms with E-state index in [1.165, 1.54) is 0 Å². The van der Waals surface area contributed by atoms with Crippen LogP contribution in [0.5, 0.6) is 0 Å². The highest BCUT2D eigenvalue weighted by Crippen LogP contribution is 2.23. The fraction of sp³-hybridized carbons (Fsp3) is 0.692. The highest BCUT2D eigenvalue weighted by atomic mass is 16.2. The van der Waals surface area contributed by atoms with Gasteiger partial charge in [0, 0.05) is 19.1 Å². The first-order valence-electron chi connectivity index (χ1n) is 7.40. The predicted octanol–water partition coefficient (Wildman–Crippen LogP) is -0.880. The van der Waals surface area contributed by atoms with Gasteiger partial charge in [0.15, 0.2) is 5.69 Å². The monoisotopic (exact) mass is 292 g/mol. The molecular weight excluding hydrogens is 272 g/mol. The molecule has 8 nitrogen and oxygen atoms in total. The van der Waals surface area contributed by atoms with Gasteiger partial charge in [0.05, 0.1) is 12.7 Å². The quantitative estimate of drug-likeness (QED) is 0.733. The van der Waals surface area contributed by atoms with E-state index in [0.29, 0.717) is 32.1 Å². The fourth-order valence-corrected chi connectivity index (χ4v) is 2.59.